The Labute approximate surface area is 144 Å². The fourth-order valence-electron chi connectivity index (χ4n) is 3.10. The number of carbonyl (C=O) groups excluding carboxylic acids is 1. The molecule has 6 heteroatoms. The highest BCUT2D eigenvalue weighted by molar-refractivity contribution is 6.31. The van der Waals surface area contributed by atoms with E-state index in [1.165, 1.54) is 0 Å². The standard InChI is InChI=1S/C18H15ClN2O3/c1-3-23-18-16(22)14-9-11(2)7-8-15(14)21(18)17(20-24-18)12-5-4-6-13(19)10-12/h4-10H,3H2,1-2H3. The van der Waals surface area contributed by atoms with Gasteiger partial charge in [-0.15, -0.1) is 0 Å². The first-order chi connectivity index (χ1) is 11.6. The van der Waals surface area contributed by atoms with Crippen LogP contribution in [0.4, 0.5) is 5.69 Å². The van der Waals surface area contributed by atoms with Crippen LogP contribution >= 0.6 is 11.6 Å². The first-order valence-corrected chi connectivity index (χ1v) is 8.06. The van der Waals surface area contributed by atoms with Crippen LogP contribution in [0.25, 0.3) is 0 Å². The average molecular weight is 343 g/mol. The van der Waals surface area contributed by atoms with Gasteiger partial charge in [0.2, 0.25) is 0 Å². The fraction of sp³-hybridized carbons (Fsp3) is 0.222. The Morgan fingerprint density at radius 3 is 2.88 bits per heavy atom. The molecule has 0 amide bonds. The summed E-state index contributed by atoms with van der Waals surface area (Å²) in [4.78, 5) is 20.2. The number of oxime groups is 1. The second-order valence-electron chi connectivity index (χ2n) is 5.72. The molecule has 5 nitrogen and oxygen atoms in total. The molecular weight excluding hydrogens is 328 g/mol. The minimum Gasteiger partial charge on any atom is -0.327 e. The third-order valence-electron chi connectivity index (χ3n) is 4.11. The first kappa shape index (κ1) is 15.2. The lowest BCUT2D eigenvalue weighted by Crippen LogP contribution is -2.52. The number of benzene rings is 2. The van der Waals surface area contributed by atoms with Crippen molar-refractivity contribution in [3.8, 4) is 0 Å². The number of amidine groups is 1. The van der Waals surface area contributed by atoms with Crippen molar-refractivity contribution in [1.82, 2.24) is 0 Å². The van der Waals surface area contributed by atoms with Crippen LogP contribution in [0.15, 0.2) is 47.6 Å². The lowest BCUT2D eigenvalue weighted by Gasteiger charge is -2.28. The maximum absolute atomic E-state index is 13.0. The van der Waals surface area contributed by atoms with E-state index in [0.29, 0.717) is 23.0 Å². The Morgan fingerprint density at radius 2 is 2.12 bits per heavy atom. The van der Waals surface area contributed by atoms with E-state index in [2.05, 4.69) is 5.16 Å². The number of ketones is 1. The third kappa shape index (κ3) is 1.98. The summed E-state index contributed by atoms with van der Waals surface area (Å²) in [5, 5.41) is 4.71. The van der Waals surface area contributed by atoms with Crippen LogP contribution in [0.5, 0.6) is 0 Å². The van der Waals surface area contributed by atoms with Crippen molar-refractivity contribution in [2.24, 2.45) is 5.16 Å². The van der Waals surface area contributed by atoms with Crippen molar-refractivity contribution in [3.63, 3.8) is 0 Å². The fourth-order valence-corrected chi connectivity index (χ4v) is 3.29. The predicted octanol–water partition coefficient (Wildman–Crippen LogP) is 3.73. The molecule has 0 saturated carbocycles. The minimum atomic E-state index is -1.57. The third-order valence-corrected chi connectivity index (χ3v) is 4.34. The second-order valence-corrected chi connectivity index (χ2v) is 6.15. The van der Waals surface area contributed by atoms with Gasteiger partial charge in [0.25, 0.3) is 5.78 Å². The number of anilines is 1. The van der Waals surface area contributed by atoms with Crippen LogP contribution in [-0.2, 0) is 9.57 Å². The molecule has 4 rings (SSSR count). The second kappa shape index (κ2) is 5.33. The molecule has 2 heterocycles. The van der Waals surface area contributed by atoms with Crippen LogP contribution in [0.3, 0.4) is 0 Å². The zero-order valence-electron chi connectivity index (χ0n) is 13.2. The SMILES string of the molecule is CCOC12ON=C(c3cccc(Cl)c3)N1c1ccc(C)cc1C2=O. The molecular formula is C18H15ClN2O3. The van der Waals surface area contributed by atoms with Crippen molar-refractivity contribution in [2.45, 2.75) is 19.8 Å². The highest BCUT2D eigenvalue weighted by Gasteiger charge is 2.61. The Balaban J connectivity index is 1.89. The number of halogens is 1. The van der Waals surface area contributed by atoms with Gasteiger partial charge in [0.05, 0.1) is 17.9 Å². The van der Waals surface area contributed by atoms with E-state index in [-0.39, 0.29) is 5.78 Å². The molecule has 2 aliphatic heterocycles. The number of ether oxygens (including phenoxy) is 1. The minimum absolute atomic E-state index is 0.246. The summed E-state index contributed by atoms with van der Waals surface area (Å²) >= 11 is 6.10. The number of Topliss-reactive ketones (excluding diaryl/α,β-unsaturated/α-hetero) is 1. The summed E-state index contributed by atoms with van der Waals surface area (Å²) in [5.74, 6) is -1.31. The summed E-state index contributed by atoms with van der Waals surface area (Å²) in [6, 6.07) is 12.9. The van der Waals surface area contributed by atoms with E-state index in [1.807, 2.05) is 44.2 Å². The van der Waals surface area contributed by atoms with Gasteiger partial charge in [0.15, 0.2) is 5.84 Å². The summed E-state index contributed by atoms with van der Waals surface area (Å²) in [6.07, 6.45) is 0. The van der Waals surface area contributed by atoms with E-state index < -0.39 is 5.91 Å². The molecule has 0 fully saturated rings. The molecule has 0 bridgehead atoms. The number of carbonyl (C=O) groups is 1. The van der Waals surface area contributed by atoms with E-state index >= 15 is 0 Å². The van der Waals surface area contributed by atoms with Gasteiger partial charge in [0.1, 0.15) is 0 Å². The van der Waals surface area contributed by atoms with Crippen molar-refractivity contribution in [3.05, 3.63) is 64.2 Å². The van der Waals surface area contributed by atoms with Gasteiger partial charge in [-0.3, -0.25) is 9.69 Å². The number of nitrogens with zero attached hydrogens (tertiary/aromatic N) is 2. The van der Waals surface area contributed by atoms with E-state index in [0.717, 1.165) is 16.8 Å². The zero-order chi connectivity index (χ0) is 16.9. The molecule has 0 N–H and O–H groups in total. The number of hydrogen-bond acceptors (Lipinski definition) is 5. The average Bonchev–Trinajstić information content (AvgIpc) is 3.04. The zero-order valence-corrected chi connectivity index (χ0v) is 14.0. The number of aryl methyl sites for hydroxylation is 1. The monoisotopic (exact) mass is 342 g/mol. The van der Waals surface area contributed by atoms with Crippen LogP contribution in [0, 0.1) is 6.92 Å². The van der Waals surface area contributed by atoms with Crippen molar-refractivity contribution < 1.29 is 14.4 Å². The summed E-state index contributed by atoms with van der Waals surface area (Å²) < 4.78 is 5.74. The Kier molecular flexibility index (Phi) is 3.37. The van der Waals surface area contributed by atoms with Crippen LogP contribution in [-0.4, -0.2) is 24.1 Å². The molecule has 0 saturated heterocycles. The number of rotatable bonds is 3. The van der Waals surface area contributed by atoms with Gasteiger partial charge in [0, 0.05) is 10.6 Å². The highest BCUT2D eigenvalue weighted by Crippen LogP contribution is 2.45. The molecule has 1 atom stereocenters. The first-order valence-electron chi connectivity index (χ1n) is 7.68. The molecule has 2 aliphatic rings. The van der Waals surface area contributed by atoms with Crippen LogP contribution < -0.4 is 4.90 Å². The Bertz CT molecular complexity index is 880. The maximum atomic E-state index is 13.0. The van der Waals surface area contributed by atoms with Crippen LogP contribution in [0.1, 0.15) is 28.4 Å². The van der Waals surface area contributed by atoms with Gasteiger partial charge in [-0.2, -0.15) is 0 Å². The van der Waals surface area contributed by atoms with Crippen LogP contribution in [0.2, 0.25) is 5.02 Å². The van der Waals surface area contributed by atoms with E-state index in [1.54, 1.807) is 17.0 Å². The van der Waals surface area contributed by atoms with Gasteiger partial charge in [-0.25, -0.2) is 0 Å². The van der Waals surface area contributed by atoms with Crippen molar-refractivity contribution in [2.75, 3.05) is 11.5 Å². The molecule has 122 valence electrons. The Morgan fingerprint density at radius 1 is 1.29 bits per heavy atom. The van der Waals surface area contributed by atoms with Crippen molar-refractivity contribution in [1.29, 1.82) is 0 Å². The Hall–Kier alpha value is -2.37. The summed E-state index contributed by atoms with van der Waals surface area (Å²) in [6.45, 7) is 4.07. The van der Waals surface area contributed by atoms with E-state index in [4.69, 9.17) is 21.2 Å². The molecule has 0 aliphatic carbocycles. The molecule has 24 heavy (non-hydrogen) atoms. The topological polar surface area (TPSA) is 51.1 Å². The molecule has 0 radical (unpaired) electrons. The quantitative estimate of drug-likeness (QED) is 0.852. The lowest BCUT2D eigenvalue weighted by atomic mass is 10.1. The number of fused-ring (bicyclic) bond motifs is 3. The van der Waals surface area contributed by atoms with Gasteiger partial charge < -0.3 is 9.57 Å². The molecule has 0 aromatic heterocycles. The van der Waals surface area contributed by atoms with Gasteiger partial charge in [-0.05, 0) is 38.1 Å². The van der Waals surface area contributed by atoms with E-state index in [9.17, 15) is 4.79 Å². The maximum Gasteiger partial charge on any atom is 0.390 e. The highest BCUT2D eigenvalue weighted by atomic mass is 35.5. The van der Waals surface area contributed by atoms with Crippen molar-refractivity contribution >= 4 is 28.9 Å². The summed E-state index contributed by atoms with van der Waals surface area (Å²) in [5.41, 5.74) is 3.04. The smallest absolute Gasteiger partial charge is 0.327 e. The van der Waals surface area contributed by atoms with Gasteiger partial charge in [-0.1, -0.05) is 40.5 Å². The largest absolute Gasteiger partial charge is 0.390 e. The molecule has 2 aromatic carbocycles. The molecule has 2 aromatic rings. The molecule has 0 spiro atoms. The normalized spacial score (nSPS) is 21.4. The lowest BCUT2D eigenvalue weighted by molar-refractivity contribution is -0.178. The number of hydrogen-bond donors (Lipinski definition) is 0. The van der Waals surface area contributed by atoms with Gasteiger partial charge >= 0.3 is 5.91 Å². The molecule has 1 unspecified atom stereocenters. The summed E-state index contributed by atoms with van der Waals surface area (Å²) in [7, 11) is 0. The predicted molar refractivity (Wildman–Crippen MR) is 91.4 cm³/mol.